The lowest BCUT2D eigenvalue weighted by Crippen LogP contribution is -2.31. The van der Waals surface area contributed by atoms with Gasteiger partial charge in [-0.25, -0.2) is 0 Å². The van der Waals surface area contributed by atoms with Crippen molar-refractivity contribution in [2.24, 2.45) is 0 Å². The lowest BCUT2D eigenvalue weighted by molar-refractivity contribution is -0.117. The number of carbonyl (C=O) groups excluding carboxylic acids is 2. The Morgan fingerprint density at radius 1 is 1.35 bits per heavy atom. The average Bonchev–Trinajstić information content (AvgIpc) is 3.31. The average molecular weight is 389 g/mol. The second kappa shape index (κ2) is 8.11. The summed E-state index contributed by atoms with van der Waals surface area (Å²) in [6, 6.07) is 9.04. The topological polar surface area (TPSA) is 99.0 Å². The Bertz CT molecular complexity index is 924. The van der Waals surface area contributed by atoms with Crippen LogP contribution < -0.4 is 10.1 Å². The maximum absolute atomic E-state index is 12.0. The summed E-state index contributed by atoms with van der Waals surface area (Å²) in [5.41, 5.74) is 1.70. The molecule has 26 heavy (non-hydrogen) atoms. The second-order valence-corrected chi connectivity index (χ2v) is 7.08. The summed E-state index contributed by atoms with van der Waals surface area (Å²) < 4.78 is 6.86. The van der Waals surface area contributed by atoms with Gasteiger partial charge in [0.05, 0.1) is 17.7 Å². The smallest absolute Gasteiger partial charge is 0.267 e. The minimum atomic E-state index is -0.417. The minimum absolute atomic E-state index is 0.00558. The molecule has 0 radical (unpaired) electrons. The summed E-state index contributed by atoms with van der Waals surface area (Å²) in [7, 11) is 1.56. The molecule has 0 bridgehead atoms. The van der Waals surface area contributed by atoms with Crippen molar-refractivity contribution < 1.29 is 14.3 Å². The first kappa shape index (κ1) is 18.1. The van der Waals surface area contributed by atoms with E-state index in [9.17, 15) is 9.59 Å². The first-order valence-corrected chi connectivity index (χ1v) is 9.39. The fraction of sp³-hybridized carbons (Fsp3) is 0.188. The van der Waals surface area contributed by atoms with Crippen LogP contribution in [0.5, 0.6) is 5.75 Å². The zero-order valence-electron chi connectivity index (χ0n) is 14.0. The number of hydrogen-bond acceptors (Lipinski definition) is 8. The molecule has 0 saturated heterocycles. The monoisotopic (exact) mass is 389 g/mol. The molecule has 2 aromatic heterocycles. The molecule has 8 nitrogen and oxygen atoms in total. The van der Waals surface area contributed by atoms with E-state index in [1.807, 2.05) is 25.1 Å². The van der Waals surface area contributed by atoms with E-state index in [1.54, 1.807) is 24.6 Å². The van der Waals surface area contributed by atoms with Gasteiger partial charge in [0.2, 0.25) is 11.1 Å². The third-order valence-electron chi connectivity index (χ3n) is 3.33. The summed E-state index contributed by atoms with van der Waals surface area (Å²) in [4.78, 5) is 24.4. The normalized spacial score (nSPS) is 10.5. The number of thioether (sulfide) groups is 1. The van der Waals surface area contributed by atoms with Gasteiger partial charge >= 0.3 is 0 Å². The SMILES string of the molecule is COc1ccc(C)cc1-n1nnnc1SCC(=O)NC(=O)c1cccs1. The highest BCUT2D eigenvalue weighted by Crippen LogP contribution is 2.26. The summed E-state index contributed by atoms with van der Waals surface area (Å²) >= 11 is 2.40. The maximum atomic E-state index is 12.0. The highest BCUT2D eigenvalue weighted by atomic mass is 32.2. The van der Waals surface area contributed by atoms with Gasteiger partial charge in [0.1, 0.15) is 11.4 Å². The van der Waals surface area contributed by atoms with Crippen molar-refractivity contribution >= 4 is 34.9 Å². The number of nitrogens with one attached hydrogen (secondary N) is 1. The Labute approximate surface area is 157 Å². The van der Waals surface area contributed by atoms with Gasteiger partial charge in [-0.05, 0) is 46.5 Å². The molecule has 3 aromatic rings. The van der Waals surface area contributed by atoms with E-state index in [0.717, 1.165) is 17.3 Å². The van der Waals surface area contributed by atoms with Crippen molar-refractivity contribution in [3.05, 3.63) is 46.2 Å². The highest BCUT2D eigenvalue weighted by molar-refractivity contribution is 7.99. The van der Waals surface area contributed by atoms with Crippen LogP contribution in [0.2, 0.25) is 0 Å². The number of tetrazole rings is 1. The molecule has 1 aromatic carbocycles. The van der Waals surface area contributed by atoms with Gasteiger partial charge in [-0.15, -0.1) is 16.4 Å². The Balaban J connectivity index is 1.69. The van der Waals surface area contributed by atoms with Gasteiger partial charge in [0.15, 0.2) is 0 Å². The molecule has 0 aliphatic heterocycles. The van der Waals surface area contributed by atoms with Crippen LogP contribution in [0, 0.1) is 6.92 Å². The number of imide groups is 1. The van der Waals surface area contributed by atoms with Gasteiger partial charge in [-0.3, -0.25) is 14.9 Å². The molecule has 0 saturated carbocycles. The molecule has 0 spiro atoms. The standard InChI is InChI=1S/C16H15N5O3S2/c1-10-5-6-12(24-2)11(8-10)21-16(18-19-20-21)26-9-14(22)17-15(23)13-4-3-7-25-13/h3-8H,9H2,1-2H3,(H,17,22,23). The van der Waals surface area contributed by atoms with Crippen LogP contribution in [0.15, 0.2) is 40.9 Å². The van der Waals surface area contributed by atoms with Crippen LogP contribution in [-0.4, -0.2) is 44.9 Å². The van der Waals surface area contributed by atoms with E-state index < -0.39 is 11.8 Å². The molecule has 0 atom stereocenters. The summed E-state index contributed by atoms with van der Waals surface area (Å²) in [6.45, 7) is 1.95. The number of rotatable bonds is 6. The zero-order valence-corrected chi connectivity index (χ0v) is 15.6. The van der Waals surface area contributed by atoms with E-state index in [4.69, 9.17) is 4.74 Å². The quantitative estimate of drug-likeness (QED) is 0.645. The van der Waals surface area contributed by atoms with Gasteiger partial charge < -0.3 is 4.74 Å². The number of hydrogen-bond donors (Lipinski definition) is 1. The fourth-order valence-electron chi connectivity index (χ4n) is 2.15. The summed E-state index contributed by atoms with van der Waals surface area (Å²) in [6.07, 6.45) is 0. The molecular formula is C16H15N5O3S2. The molecule has 0 fully saturated rings. The molecule has 0 aliphatic rings. The number of carbonyl (C=O) groups is 2. The van der Waals surface area contributed by atoms with Gasteiger partial charge in [0.25, 0.3) is 5.91 Å². The molecule has 1 N–H and O–H groups in total. The first-order valence-electron chi connectivity index (χ1n) is 7.52. The van der Waals surface area contributed by atoms with Crippen LogP contribution in [0.4, 0.5) is 0 Å². The summed E-state index contributed by atoms with van der Waals surface area (Å²) in [5.74, 6) is -0.210. The third kappa shape index (κ3) is 4.09. The molecule has 134 valence electrons. The van der Waals surface area contributed by atoms with Crippen molar-refractivity contribution in [3.63, 3.8) is 0 Å². The van der Waals surface area contributed by atoms with Crippen LogP contribution >= 0.6 is 23.1 Å². The van der Waals surface area contributed by atoms with Crippen molar-refractivity contribution in [3.8, 4) is 11.4 Å². The molecule has 2 heterocycles. The fourth-order valence-corrected chi connectivity index (χ4v) is 3.45. The van der Waals surface area contributed by atoms with Crippen LogP contribution in [-0.2, 0) is 4.79 Å². The largest absolute Gasteiger partial charge is 0.494 e. The second-order valence-electron chi connectivity index (χ2n) is 5.19. The highest BCUT2D eigenvalue weighted by Gasteiger charge is 2.16. The molecule has 3 rings (SSSR count). The van der Waals surface area contributed by atoms with E-state index in [2.05, 4.69) is 20.8 Å². The molecule has 2 amide bonds. The van der Waals surface area contributed by atoms with E-state index >= 15 is 0 Å². The van der Waals surface area contributed by atoms with Crippen molar-refractivity contribution in [2.45, 2.75) is 12.1 Å². The Morgan fingerprint density at radius 3 is 2.92 bits per heavy atom. The number of nitrogens with zero attached hydrogens (tertiary/aromatic N) is 4. The van der Waals surface area contributed by atoms with Gasteiger partial charge in [-0.1, -0.05) is 23.9 Å². The van der Waals surface area contributed by atoms with Crippen LogP contribution in [0.3, 0.4) is 0 Å². The lowest BCUT2D eigenvalue weighted by atomic mass is 10.2. The Kier molecular flexibility index (Phi) is 5.64. The van der Waals surface area contributed by atoms with Crippen LogP contribution in [0.25, 0.3) is 5.69 Å². The number of ether oxygens (including phenoxy) is 1. The molecule has 0 unspecified atom stereocenters. The molecule has 0 aliphatic carbocycles. The minimum Gasteiger partial charge on any atom is -0.494 e. The van der Waals surface area contributed by atoms with Crippen molar-refractivity contribution in [2.75, 3.05) is 12.9 Å². The molecular weight excluding hydrogens is 374 g/mol. The van der Waals surface area contributed by atoms with Gasteiger partial charge in [0, 0.05) is 0 Å². The number of benzene rings is 1. The van der Waals surface area contributed by atoms with Gasteiger partial charge in [-0.2, -0.15) is 4.68 Å². The lowest BCUT2D eigenvalue weighted by Gasteiger charge is -2.10. The number of thiophene rings is 1. The van der Waals surface area contributed by atoms with E-state index in [1.165, 1.54) is 16.0 Å². The number of aromatic nitrogens is 4. The van der Waals surface area contributed by atoms with Crippen molar-refractivity contribution in [1.29, 1.82) is 0 Å². The van der Waals surface area contributed by atoms with E-state index in [-0.39, 0.29) is 5.75 Å². The predicted octanol–water partition coefficient (Wildman–Crippen LogP) is 2.09. The maximum Gasteiger partial charge on any atom is 0.267 e. The number of aryl methyl sites for hydroxylation is 1. The number of methoxy groups -OCH3 is 1. The third-order valence-corrected chi connectivity index (χ3v) is 5.12. The summed E-state index contributed by atoms with van der Waals surface area (Å²) in [5, 5.41) is 16.1. The van der Waals surface area contributed by atoms with Crippen molar-refractivity contribution in [1.82, 2.24) is 25.5 Å². The van der Waals surface area contributed by atoms with Crippen LogP contribution in [0.1, 0.15) is 15.2 Å². The van der Waals surface area contributed by atoms with E-state index in [0.29, 0.717) is 21.5 Å². The Morgan fingerprint density at radius 2 is 2.19 bits per heavy atom. The first-order chi connectivity index (χ1) is 12.6. The predicted molar refractivity (Wildman–Crippen MR) is 98.0 cm³/mol. The Hall–Kier alpha value is -2.72. The zero-order chi connectivity index (χ0) is 18.5. The molecule has 10 heteroatoms. The number of amides is 2.